The minimum atomic E-state index is -0.289. The molecule has 4 heteroatoms. The van der Waals surface area contributed by atoms with Crippen molar-refractivity contribution in [2.75, 3.05) is 18.1 Å². The molecule has 1 aromatic heterocycles. The Hall–Kier alpha value is -1.19. The maximum atomic E-state index is 12.6. The fourth-order valence-corrected chi connectivity index (χ4v) is 1.90. The van der Waals surface area contributed by atoms with Crippen molar-refractivity contribution in [3.8, 4) is 0 Å². The monoisotopic (exact) mass is 195 g/mol. The van der Waals surface area contributed by atoms with Crippen LogP contribution in [-0.2, 0) is 0 Å². The molecule has 14 heavy (non-hydrogen) atoms. The number of hydrogen-bond acceptors (Lipinski definition) is 3. The van der Waals surface area contributed by atoms with Gasteiger partial charge in [-0.05, 0) is 25.8 Å². The standard InChI is InChI=1S/C10H14FN3/c1-8-12-5-4-10(13-8)14-6-2-3-9(14)7-11/h4-5,9H,2-3,6-7H2,1H3. The molecule has 2 heterocycles. The molecule has 0 N–H and O–H groups in total. The highest BCUT2D eigenvalue weighted by Crippen LogP contribution is 2.23. The van der Waals surface area contributed by atoms with Gasteiger partial charge in [-0.3, -0.25) is 0 Å². The zero-order valence-electron chi connectivity index (χ0n) is 8.28. The normalized spacial score (nSPS) is 21.6. The molecule has 1 saturated heterocycles. The molecule has 2 rings (SSSR count). The Labute approximate surface area is 83.0 Å². The van der Waals surface area contributed by atoms with Gasteiger partial charge in [0.2, 0.25) is 0 Å². The average molecular weight is 195 g/mol. The molecule has 1 fully saturated rings. The van der Waals surface area contributed by atoms with E-state index in [1.807, 2.05) is 17.9 Å². The Morgan fingerprint density at radius 1 is 1.64 bits per heavy atom. The Balaban J connectivity index is 2.21. The zero-order valence-corrected chi connectivity index (χ0v) is 8.28. The summed E-state index contributed by atoms with van der Waals surface area (Å²) in [6.45, 7) is 2.47. The van der Waals surface area contributed by atoms with Crippen LogP contribution in [0.1, 0.15) is 18.7 Å². The Morgan fingerprint density at radius 2 is 2.50 bits per heavy atom. The molecular weight excluding hydrogens is 181 g/mol. The van der Waals surface area contributed by atoms with Crippen LogP contribution in [0, 0.1) is 6.92 Å². The van der Waals surface area contributed by atoms with E-state index in [0.717, 1.165) is 31.0 Å². The SMILES string of the molecule is Cc1nccc(N2CCCC2CF)n1. The summed E-state index contributed by atoms with van der Waals surface area (Å²) in [7, 11) is 0. The lowest BCUT2D eigenvalue weighted by Crippen LogP contribution is -2.31. The molecule has 76 valence electrons. The van der Waals surface area contributed by atoms with Gasteiger partial charge >= 0.3 is 0 Å². The fraction of sp³-hybridized carbons (Fsp3) is 0.600. The minimum Gasteiger partial charge on any atom is -0.351 e. The van der Waals surface area contributed by atoms with Crippen molar-refractivity contribution < 1.29 is 4.39 Å². The molecule has 0 saturated carbocycles. The Kier molecular flexibility index (Phi) is 2.61. The summed E-state index contributed by atoms with van der Waals surface area (Å²) in [4.78, 5) is 10.4. The Bertz CT molecular complexity index is 316. The Morgan fingerprint density at radius 3 is 3.21 bits per heavy atom. The molecule has 0 aliphatic carbocycles. The van der Waals surface area contributed by atoms with Crippen LogP contribution < -0.4 is 4.90 Å². The van der Waals surface area contributed by atoms with E-state index in [1.54, 1.807) is 6.20 Å². The molecule has 3 nitrogen and oxygen atoms in total. The second-order valence-corrected chi connectivity index (χ2v) is 3.61. The number of aromatic nitrogens is 2. The zero-order chi connectivity index (χ0) is 9.97. The van der Waals surface area contributed by atoms with E-state index in [9.17, 15) is 4.39 Å². The first-order chi connectivity index (χ1) is 6.81. The molecule has 0 radical (unpaired) electrons. The van der Waals surface area contributed by atoms with Crippen LogP contribution in [0.15, 0.2) is 12.3 Å². The molecule has 0 bridgehead atoms. The first-order valence-corrected chi connectivity index (χ1v) is 4.93. The average Bonchev–Trinajstić information content (AvgIpc) is 2.65. The van der Waals surface area contributed by atoms with Crippen LogP contribution in [0.3, 0.4) is 0 Å². The summed E-state index contributed by atoms with van der Waals surface area (Å²) in [5, 5.41) is 0. The summed E-state index contributed by atoms with van der Waals surface area (Å²) < 4.78 is 12.6. The molecule has 1 aliphatic heterocycles. The van der Waals surface area contributed by atoms with Crippen molar-refractivity contribution >= 4 is 5.82 Å². The van der Waals surface area contributed by atoms with E-state index < -0.39 is 0 Å². The topological polar surface area (TPSA) is 29.0 Å². The number of hydrogen-bond donors (Lipinski definition) is 0. The van der Waals surface area contributed by atoms with Gasteiger partial charge in [-0.25, -0.2) is 14.4 Å². The van der Waals surface area contributed by atoms with Gasteiger partial charge in [-0.2, -0.15) is 0 Å². The molecule has 1 aliphatic rings. The quantitative estimate of drug-likeness (QED) is 0.719. The van der Waals surface area contributed by atoms with E-state index >= 15 is 0 Å². The van der Waals surface area contributed by atoms with E-state index in [1.165, 1.54) is 0 Å². The van der Waals surface area contributed by atoms with Crippen LogP contribution in [0.25, 0.3) is 0 Å². The van der Waals surface area contributed by atoms with Crippen LogP contribution >= 0.6 is 0 Å². The van der Waals surface area contributed by atoms with E-state index in [4.69, 9.17) is 0 Å². The van der Waals surface area contributed by atoms with Crippen molar-refractivity contribution in [2.45, 2.75) is 25.8 Å². The molecule has 1 aromatic rings. The lowest BCUT2D eigenvalue weighted by molar-refractivity contribution is 0.427. The summed E-state index contributed by atoms with van der Waals surface area (Å²) in [6, 6.07) is 1.87. The molecule has 1 unspecified atom stereocenters. The summed E-state index contributed by atoms with van der Waals surface area (Å²) in [6.07, 6.45) is 3.71. The third-order valence-electron chi connectivity index (χ3n) is 2.61. The summed E-state index contributed by atoms with van der Waals surface area (Å²) in [5.74, 6) is 1.60. The fourth-order valence-electron chi connectivity index (χ4n) is 1.90. The summed E-state index contributed by atoms with van der Waals surface area (Å²) >= 11 is 0. The smallest absolute Gasteiger partial charge is 0.132 e. The van der Waals surface area contributed by atoms with Crippen molar-refractivity contribution in [1.82, 2.24) is 9.97 Å². The van der Waals surface area contributed by atoms with Gasteiger partial charge in [-0.1, -0.05) is 0 Å². The maximum Gasteiger partial charge on any atom is 0.132 e. The van der Waals surface area contributed by atoms with Crippen molar-refractivity contribution in [3.05, 3.63) is 18.1 Å². The predicted molar refractivity (Wildman–Crippen MR) is 53.1 cm³/mol. The van der Waals surface area contributed by atoms with Gasteiger partial charge < -0.3 is 4.90 Å². The number of anilines is 1. The van der Waals surface area contributed by atoms with E-state index in [0.29, 0.717) is 0 Å². The van der Waals surface area contributed by atoms with Crippen LogP contribution in [0.5, 0.6) is 0 Å². The highest BCUT2D eigenvalue weighted by Gasteiger charge is 2.25. The van der Waals surface area contributed by atoms with Crippen molar-refractivity contribution in [2.24, 2.45) is 0 Å². The molecular formula is C10H14FN3. The molecule has 0 aromatic carbocycles. The van der Waals surface area contributed by atoms with Gasteiger partial charge in [0.1, 0.15) is 18.3 Å². The van der Waals surface area contributed by atoms with Crippen LogP contribution in [0.4, 0.5) is 10.2 Å². The molecule has 1 atom stereocenters. The van der Waals surface area contributed by atoms with Crippen LogP contribution in [-0.4, -0.2) is 29.2 Å². The largest absolute Gasteiger partial charge is 0.351 e. The van der Waals surface area contributed by atoms with Crippen molar-refractivity contribution in [3.63, 3.8) is 0 Å². The second-order valence-electron chi connectivity index (χ2n) is 3.61. The lowest BCUT2D eigenvalue weighted by atomic mass is 10.2. The molecule has 0 spiro atoms. The number of nitrogens with zero attached hydrogens (tertiary/aromatic N) is 3. The predicted octanol–water partition coefficient (Wildman–Crippen LogP) is 1.72. The van der Waals surface area contributed by atoms with Gasteiger partial charge in [0.05, 0.1) is 6.04 Å². The van der Waals surface area contributed by atoms with E-state index in [2.05, 4.69) is 9.97 Å². The highest BCUT2D eigenvalue weighted by atomic mass is 19.1. The maximum absolute atomic E-state index is 12.6. The number of rotatable bonds is 2. The summed E-state index contributed by atoms with van der Waals surface area (Å²) in [5.41, 5.74) is 0. The first-order valence-electron chi connectivity index (χ1n) is 4.93. The minimum absolute atomic E-state index is 0.0179. The van der Waals surface area contributed by atoms with E-state index in [-0.39, 0.29) is 12.7 Å². The lowest BCUT2D eigenvalue weighted by Gasteiger charge is -2.23. The highest BCUT2D eigenvalue weighted by molar-refractivity contribution is 5.40. The number of halogens is 1. The van der Waals surface area contributed by atoms with Crippen molar-refractivity contribution in [1.29, 1.82) is 0 Å². The third kappa shape index (κ3) is 1.69. The molecule has 0 amide bonds. The second kappa shape index (κ2) is 3.90. The van der Waals surface area contributed by atoms with Crippen LogP contribution in [0.2, 0.25) is 0 Å². The third-order valence-corrected chi connectivity index (χ3v) is 2.61. The first kappa shape index (κ1) is 9.37. The van der Waals surface area contributed by atoms with Gasteiger partial charge in [0.15, 0.2) is 0 Å². The van der Waals surface area contributed by atoms with Gasteiger partial charge in [0, 0.05) is 12.7 Å². The number of alkyl halides is 1. The van der Waals surface area contributed by atoms with Gasteiger partial charge in [-0.15, -0.1) is 0 Å². The van der Waals surface area contributed by atoms with Gasteiger partial charge in [0.25, 0.3) is 0 Å². The number of aryl methyl sites for hydroxylation is 1.